The number of hydrogen-bond donors (Lipinski definition) is 0. The maximum absolute atomic E-state index is 2.43. The molecule has 0 radical (unpaired) electrons. The first-order valence-corrected chi connectivity index (χ1v) is 15.4. The van der Waals surface area contributed by atoms with E-state index in [0.717, 1.165) is 11.4 Å². The number of para-hydroxylation sites is 1. The summed E-state index contributed by atoms with van der Waals surface area (Å²) < 4.78 is 0. The Morgan fingerprint density at radius 3 is 1.84 bits per heavy atom. The van der Waals surface area contributed by atoms with Crippen molar-refractivity contribution >= 4 is 27.8 Å². The van der Waals surface area contributed by atoms with Crippen LogP contribution in [0, 0.1) is 0 Å². The van der Waals surface area contributed by atoms with Gasteiger partial charge in [0.2, 0.25) is 0 Å². The molecule has 0 bridgehead atoms. The van der Waals surface area contributed by atoms with Crippen molar-refractivity contribution in [2.75, 3.05) is 4.90 Å². The summed E-state index contributed by atoms with van der Waals surface area (Å²) in [7, 11) is 0. The van der Waals surface area contributed by atoms with Crippen molar-refractivity contribution in [1.29, 1.82) is 0 Å². The van der Waals surface area contributed by atoms with E-state index in [2.05, 4.69) is 183 Å². The second kappa shape index (κ2) is 10.4. The van der Waals surface area contributed by atoms with E-state index < -0.39 is 0 Å². The van der Waals surface area contributed by atoms with Crippen molar-refractivity contribution in [2.24, 2.45) is 0 Å². The van der Waals surface area contributed by atoms with Gasteiger partial charge in [0.15, 0.2) is 0 Å². The van der Waals surface area contributed by atoms with Gasteiger partial charge >= 0.3 is 0 Å². The Morgan fingerprint density at radius 1 is 0.409 bits per heavy atom. The van der Waals surface area contributed by atoms with E-state index in [9.17, 15) is 0 Å². The number of anilines is 3. The average Bonchev–Trinajstić information content (AvgIpc) is 3.31. The van der Waals surface area contributed by atoms with Crippen molar-refractivity contribution in [2.45, 2.75) is 19.3 Å². The minimum atomic E-state index is -0.0293. The predicted molar refractivity (Wildman–Crippen MR) is 187 cm³/mol. The molecular weight excluding hydrogens is 530 g/mol. The number of benzene rings is 7. The van der Waals surface area contributed by atoms with E-state index in [-0.39, 0.29) is 5.41 Å². The highest BCUT2D eigenvalue weighted by atomic mass is 15.1. The summed E-state index contributed by atoms with van der Waals surface area (Å²) in [4.78, 5) is 2.43. The van der Waals surface area contributed by atoms with Gasteiger partial charge in [-0.3, -0.25) is 0 Å². The first kappa shape index (κ1) is 26.2. The Kier molecular flexibility index (Phi) is 6.20. The average molecular weight is 564 g/mol. The van der Waals surface area contributed by atoms with Gasteiger partial charge in [-0.1, -0.05) is 141 Å². The molecule has 7 aromatic carbocycles. The van der Waals surface area contributed by atoms with Crippen LogP contribution in [0.3, 0.4) is 0 Å². The zero-order valence-electron chi connectivity index (χ0n) is 25.0. The highest BCUT2D eigenvalue weighted by Gasteiger charge is 2.35. The highest BCUT2D eigenvalue weighted by molar-refractivity contribution is 6.08. The van der Waals surface area contributed by atoms with Crippen molar-refractivity contribution in [3.05, 3.63) is 175 Å². The first-order chi connectivity index (χ1) is 21.6. The van der Waals surface area contributed by atoms with Crippen molar-refractivity contribution in [3.63, 3.8) is 0 Å². The fourth-order valence-electron chi connectivity index (χ4n) is 7.10. The van der Waals surface area contributed by atoms with Crippen LogP contribution < -0.4 is 4.90 Å². The number of rotatable bonds is 5. The summed E-state index contributed by atoms with van der Waals surface area (Å²) in [6, 6.07) is 59.6. The fraction of sp³-hybridized carbons (Fsp3) is 0.0698. The lowest BCUT2D eigenvalue weighted by Gasteiger charge is -2.29. The molecular formula is C43H33N. The quantitative estimate of drug-likeness (QED) is 0.201. The molecule has 0 fully saturated rings. The molecule has 0 aliphatic heterocycles. The Bertz CT molecular complexity index is 2140. The van der Waals surface area contributed by atoms with Crippen LogP contribution in [-0.2, 0) is 5.41 Å². The first-order valence-electron chi connectivity index (χ1n) is 15.4. The largest absolute Gasteiger partial charge is 0.310 e. The van der Waals surface area contributed by atoms with Crippen LogP contribution >= 0.6 is 0 Å². The van der Waals surface area contributed by atoms with E-state index in [4.69, 9.17) is 0 Å². The Hall–Kier alpha value is -5.40. The highest BCUT2D eigenvalue weighted by Crippen LogP contribution is 2.51. The topological polar surface area (TPSA) is 3.24 Å². The van der Waals surface area contributed by atoms with Gasteiger partial charge in [-0.2, -0.15) is 0 Å². The summed E-state index contributed by atoms with van der Waals surface area (Å²) in [5.74, 6) is 0. The fourth-order valence-corrected chi connectivity index (χ4v) is 7.10. The zero-order valence-corrected chi connectivity index (χ0v) is 25.0. The molecule has 0 aromatic heterocycles. The second-order valence-corrected chi connectivity index (χ2v) is 12.2. The van der Waals surface area contributed by atoms with E-state index in [1.54, 1.807) is 0 Å². The van der Waals surface area contributed by atoms with Crippen molar-refractivity contribution in [1.82, 2.24) is 0 Å². The molecule has 8 rings (SSSR count). The third kappa shape index (κ3) is 4.24. The SMILES string of the molecule is CC1(C)c2ccccc2-c2cc(N(c3ccccc3)c3cccc4cccc(-c5cccc(-c6ccccc6)c5)c34)ccc21. The van der Waals surface area contributed by atoms with Crippen LogP contribution in [0.1, 0.15) is 25.0 Å². The molecule has 1 aliphatic carbocycles. The molecule has 0 atom stereocenters. The third-order valence-electron chi connectivity index (χ3n) is 9.24. The smallest absolute Gasteiger partial charge is 0.0546 e. The normalized spacial score (nSPS) is 13.0. The number of nitrogens with zero attached hydrogens (tertiary/aromatic N) is 1. The predicted octanol–water partition coefficient (Wildman–Crippen LogP) is 11.9. The van der Waals surface area contributed by atoms with Gasteiger partial charge < -0.3 is 4.90 Å². The van der Waals surface area contributed by atoms with E-state index in [0.29, 0.717) is 0 Å². The molecule has 0 spiro atoms. The summed E-state index contributed by atoms with van der Waals surface area (Å²) >= 11 is 0. The Labute approximate surface area is 259 Å². The summed E-state index contributed by atoms with van der Waals surface area (Å²) in [5, 5.41) is 2.46. The summed E-state index contributed by atoms with van der Waals surface area (Å²) in [5.41, 5.74) is 13.7. The minimum absolute atomic E-state index is 0.0293. The molecule has 210 valence electrons. The number of fused-ring (bicyclic) bond motifs is 4. The second-order valence-electron chi connectivity index (χ2n) is 12.2. The van der Waals surface area contributed by atoms with Crippen LogP contribution in [0.15, 0.2) is 164 Å². The molecule has 1 heteroatoms. The molecule has 0 amide bonds. The maximum Gasteiger partial charge on any atom is 0.0546 e. The minimum Gasteiger partial charge on any atom is -0.310 e. The van der Waals surface area contributed by atoms with Gasteiger partial charge in [-0.25, -0.2) is 0 Å². The molecule has 1 nitrogen and oxygen atoms in total. The summed E-state index contributed by atoms with van der Waals surface area (Å²) in [6.45, 7) is 4.68. The van der Waals surface area contributed by atoms with Gasteiger partial charge in [0, 0.05) is 22.2 Å². The summed E-state index contributed by atoms with van der Waals surface area (Å²) in [6.07, 6.45) is 0. The molecule has 7 aromatic rings. The standard InChI is InChI=1S/C43H33N/c1-43(2)39-24-10-9-22-37(39)38-29-35(26-27-40(38)43)44(34-20-7-4-8-21-34)41-25-13-17-31-16-12-23-36(42(31)41)33-19-11-18-32(28-33)30-14-5-3-6-15-30/h3-29H,1-2H3. The monoisotopic (exact) mass is 563 g/mol. The van der Waals surface area contributed by atoms with Crippen LogP contribution in [0.2, 0.25) is 0 Å². The van der Waals surface area contributed by atoms with Gasteiger partial charge in [0.1, 0.15) is 0 Å². The molecule has 44 heavy (non-hydrogen) atoms. The van der Waals surface area contributed by atoms with Crippen LogP contribution in [-0.4, -0.2) is 0 Å². The zero-order chi connectivity index (χ0) is 29.7. The van der Waals surface area contributed by atoms with Crippen LogP contribution in [0.5, 0.6) is 0 Å². The van der Waals surface area contributed by atoms with Crippen molar-refractivity contribution < 1.29 is 0 Å². The van der Waals surface area contributed by atoms with Gasteiger partial charge in [0.25, 0.3) is 0 Å². The van der Waals surface area contributed by atoms with Crippen molar-refractivity contribution in [3.8, 4) is 33.4 Å². The number of hydrogen-bond acceptors (Lipinski definition) is 1. The molecule has 0 unspecified atom stereocenters. The Balaban J connectivity index is 1.36. The maximum atomic E-state index is 2.43. The molecule has 0 N–H and O–H groups in total. The van der Waals surface area contributed by atoms with Gasteiger partial charge in [-0.05, 0) is 86.3 Å². The lowest BCUT2D eigenvalue weighted by Crippen LogP contribution is -2.15. The third-order valence-corrected chi connectivity index (χ3v) is 9.24. The van der Waals surface area contributed by atoms with Gasteiger partial charge in [0.05, 0.1) is 5.69 Å². The lowest BCUT2D eigenvalue weighted by atomic mass is 9.82. The van der Waals surface area contributed by atoms with Crippen LogP contribution in [0.25, 0.3) is 44.2 Å². The molecule has 0 saturated carbocycles. The van der Waals surface area contributed by atoms with E-state index in [1.807, 2.05) is 0 Å². The van der Waals surface area contributed by atoms with Crippen LogP contribution in [0.4, 0.5) is 17.1 Å². The molecule has 0 heterocycles. The van der Waals surface area contributed by atoms with E-state index in [1.165, 1.54) is 61.0 Å². The van der Waals surface area contributed by atoms with E-state index >= 15 is 0 Å². The molecule has 0 saturated heterocycles. The lowest BCUT2D eigenvalue weighted by molar-refractivity contribution is 0.660. The molecule has 1 aliphatic rings. The Morgan fingerprint density at radius 2 is 1.02 bits per heavy atom. The van der Waals surface area contributed by atoms with Gasteiger partial charge in [-0.15, -0.1) is 0 Å².